The molecule has 21 heavy (non-hydrogen) atoms. The smallest absolute Gasteiger partial charge is 0.259 e. The van der Waals surface area contributed by atoms with Crippen LogP contribution in [-0.2, 0) is 9.59 Å². The molecule has 0 spiro atoms. The minimum absolute atomic E-state index is 0. The number of carbonyl (C=O) groups is 2. The quantitative estimate of drug-likeness (QED) is 0.825. The number of halogens is 1. The van der Waals surface area contributed by atoms with E-state index in [0.29, 0.717) is 11.4 Å². The Kier molecular flexibility index (Phi) is 8.42. The molecule has 0 aliphatic heterocycles. The third-order valence-corrected chi connectivity index (χ3v) is 2.63. The summed E-state index contributed by atoms with van der Waals surface area (Å²) in [7, 11) is 3.32. The van der Waals surface area contributed by atoms with Crippen LogP contribution in [0.15, 0.2) is 18.2 Å². The zero-order valence-electron chi connectivity index (χ0n) is 12.5. The van der Waals surface area contributed by atoms with Gasteiger partial charge in [-0.2, -0.15) is 0 Å². The lowest BCUT2D eigenvalue weighted by Crippen LogP contribution is -2.27. The van der Waals surface area contributed by atoms with Gasteiger partial charge in [0.2, 0.25) is 5.91 Å². The van der Waals surface area contributed by atoms with Crippen LogP contribution in [0.25, 0.3) is 0 Å². The molecule has 118 valence electrons. The Balaban J connectivity index is 0.00000400. The molecule has 0 aliphatic carbocycles. The van der Waals surface area contributed by atoms with Gasteiger partial charge in [-0.3, -0.25) is 9.59 Å². The van der Waals surface area contributed by atoms with E-state index in [2.05, 4.69) is 5.32 Å². The molecule has 0 atom stereocenters. The van der Waals surface area contributed by atoms with E-state index in [-0.39, 0.29) is 43.8 Å². The molecule has 6 nitrogen and oxygen atoms in total. The van der Waals surface area contributed by atoms with Crippen molar-refractivity contribution in [1.82, 2.24) is 4.90 Å². The van der Waals surface area contributed by atoms with E-state index < -0.39 is 0 Å². The van der Waals surface area contributed by atoms with Crippen molar-refractivity contribution in [1.29, 1.82) is 0 Å². The molecule has 3 N–H and O–H groups in total. The zero-order valence-corrected chi connectivity index (χ0v) is 13.3. The maximum atomic E-state index is 11.6. The molecule has 0 aliphatic rings. The van der Waals surface area contributed by atoms with Gasteiger partial charge in [0, 0.05) is 27.1 Å². The van der Waals surface area contributed by atoms with Crippen molar-refractivity contribution in [2.75, 3.05) is 32.6 Å². The molecular formula is C14H22ClN3O3. The van der Waals surface area contributed by atoms with E-state index in [1.54, 1.807) is 26.2 Å². The SMILES string of the molecule is Cc1ccc(NC(=O)CCN)c(OCC(=O)N(C)C)c1.Cl. The summed E-state index contributed by atoms with van der Waals surface area (Å²) in [6, 6.07) is 5.39. The van der Waals surface area contributed by atoms with Crippen LogP contribution >= 0.6 is 12.4 Å². The fourth-order valence-electron chi connectivity index (χ4n) is 1.46. The first kappa shape index (κ1) is 19.2. The number of hydrogen-bond donors (Lipinski definition) is 2. The number of nitrogens with two attached hydrogens (primary N) is 1. The fourth-order valence-corrected chi connectivity index (χ4v) is 1.46. The molecule has 0 bridgehead atoms. The third kappa shape index (κ3) is 6.46. The summed E-state index contributed by atoms with van der Waals surface area (Å²) in [6.07, 6.45) is 0.240. The summed E-state index contributed by atoms with van der Waals surface area (Å²) in [5, 5.41) is 2.72. The summed E-state index contributed by atoms with van der Waals surface area (Å²) >= 11 is 0. The second kappa shape index (κ2) is 9.20. The molecule has 0 unspecified atom stereocenters. The van der Waals surface area contributed by atoms with Crippen LogP contribution in [0, 0.1) is 6.92 Å². The lowest BCUT2D eigenvalue weighted by molar-refractivity contribution is -0.130. The van der Waals surface area contributed by atoms with Crippen molar-refractivity contribution < 1.29 is 14.3 Å². The van der Waals surface area contributed by atoms with E-state index in [4.69, 9.17) is 10.5 Å². The predicted octanol–water partition coefficient (Wildman–Crippen LogP) is 1.17. The minimum Gasteiger partial charge on any atom is -0.482 e. The topological polar surface area (TPSA) is 84.7 Å². The summed E-state index contributed by atoms with van der Waals surface area (Å²) < 4.78 is 5.48. The van der Waals surface area contributed by atoms with Crippen LogP contribution in [-0.4, -0.2) is 44.0 Å². The van der Waals surface area contributed by atoms with Gasteiger partial charge in [0.05, 0.1) is 5.69 Å². The lowest BCUT2D eigenvalue weighted by Gasteiger charge is -2.15. The van der Waals surface area contributed by atoms with E-state index in [9.17, 15) is 9.59 Å². The van der Waals surface area contributed by atoms with Crippen molar-refractivity contribution in [2.24, 2.45) is 5.73 Å². The van der Waals surface area contributed by atoms with E-state index in [0.717, 1.165) is 5.56 Å². The van der Waals surface area contributed by atoms with Crippen molar-refractivity contribution in [3.05, 3.63) is 23.8 Å². The Hall–Kier alpha value is -1.79. The first-order valence-corrected chi connectivity index (χ1v) is 6.37. The van der Waals surface area contributed by atoms with Crippen LogP contribution in [0.5, 0.6) is 5.75 Å². The monoisotopic (exact) mass is 315 g/mol. The molecule has 1 aromatic rings. The summed E-state index contributed by atoms with van der Waals surface area (Å²) in [5.41, 5.74) is 6.86. The van der Waals surface area contributed by atoms with Crippen molar-refractivity contribution in [2.45, 2.75) is 13.3 Å². The highest BCUT2D eigenvalue weighted by Gasteiger charge is 2.10. The molecule has 0 aromatic heterocycles. The highest BCUT2D eigenvalue weighted by atomic mass is 35.5. The average molecular weight is 316 g/mol. The predicted molar refractivity (Wildman–Crippen MR) is 84.9 cm³/mol. The van der Waals surface area contributed by atoms with E-state index in [1.807, 2.05) is 13.0 Å². The van der Waals surface area contributed by atoms with Crippen molar-refractivity contribution in [3.8, 4) is 5.75 Å². The van der Waals surface area contributed by atoms with Crippen LogP contribution < -0.4 is 15.8 Å². The molecule has 0 radical (unpaired) electrons. The van der Waals surface area contributed by atoms with Crippen LogP contribution in [0.1, 0.15) is 12.0 Å². The first-order valence-electron chi connectivity index (χ1n) is 6.37. The summed E-state index contributed by atoms with van der Waals surface area (Å²) in [5.74, 6) is 0.149. The van der Waals surface area contributed by atoms with Gasteiger partial charge in [0.25, 0.3) is 5.91 Å². The molecule has 0 fully saturated rings. The van der Waals surface area contributed by atoms with Gasteiger partial charge >= 0.3 is 0 Å². The zero-order chi connectivity index (χ0) is 15.1. The highest BCUT2D eigenvalue weighted by Crippen LogP contribution is 2.25. The van der Waals surface area contributed by atoms with Crippen LogP contribution in [0.2, 0.25) is 0 Å². The van der Waals surface area contributed by atoms with Crippen molar-refractivity contribution in [3.63, 3.8) is 0 Å². The number of hydrogen-bond acceptors (Lipinski definition) is 4. The molecule has 0 saturated heterocycles. The molecule has 0 saturated carbocycles. The first-order chi connectivity index (χ1) is 9.43. The van der Waals surface area contributed by atoms with Crippen LogP contribution in [0.3, 0.4) is 0 Å². The van der Waals surface area contributed by atoms with Crippen LogP contribution in [0.4, 0.5) is 5.69 Å². The Morgan fingerprint density at radius 2 is 2.00 bits per heavy atom. The number of aryl methyl sites for hydroxylation is 1. The standard InChI is InChI=1S/C14H21N3O3.ClH/c1-10-4-5-11(16-13(18)6-7-15)12(8-10)20-9-14(19)17(2)3;/h4-5,8H,6-7,9,15H2,1-3H3,(H,16,18);1H. The van der Waals surface area contributed by atoms with E-state index in [1.165, 1.54) is 4.90 Å². The van der Waals surface area contributed by atoms with Gasteiger partial charge in [-0.15, -0.1) is 12.4 Å². The lowest BCUT2D eigenvalue weighted by atomic mass is 10.2. The Morgan fingerprint density at radius 3 is 2.57 bits per heavy atom. The second-order valence-corrected chi connectivity index (χ2v) is 4.66. The largest absolute Gasteiger partial charge is 0.482 e. The average Bonchev–Trinajstić information content (AvgIpc) is 2.38. The number of anilines is 1. The molecule has 2 amide bonds. The molecule has 1 rings (SSSR count). The maximum Gasteiger partial charge on any atom is 0.259 e. The van der Waals surface area contributed by atoms with Gasteiger partial charge in [-0.1, -0.05) is 6.07 Å². The highest BCUT2D eigenvalue weighted by molar-refractivity contribution is 5.92. The number of benzene rings is 1. The van der Waals surface area contributed by atoms with Gasteiger partial charge in [0.1, 0.15) is 5.75 Å². The number of ether oxygens (including phenoxy) is 1. The number of carbonyl (C=O) groups excluding carboxylic acids is 2. The molecule has 0 heterocycles. The Morgan fingerprint density at radius 1 is 1.33 bits per heavy atom. The number of nitrogens with zero attached hydrogens (tertiary/aromatic N) is 1. The maximum absolute atomic E-state index is 11.6. The fraction of sp³-hybridized carbons (Fsp3) is 0.429. The summed E-state index contributed by atoms with van der Waals surface area (Å²) in [6.45, 7) is 2.12. The normalized spacial score (nSPS) is 9.52. The minimum atomic E-state index is -0.180. The van der Waals surface area contributed by atoms with Gasteiger partial charge in [-0.05, 0) is 24.6 Å². The molecule has 7 heteroatoms. The second-order valence-electron chi connectivity index (χ2n) is 4.66. The Bertz CT molecular complexity index is 492. The number of amides is 2. The van der Waals surface area contributed by atoms with Crippen molar-refractivity contribution >= 4 is 29.9 Å². The third-order valence-electron chi connectivity index (χ3n) is 2.63. The van der Waals surface area contributed by atoms with E-state index >= 15 is 0 Å². The number of nitrogens with one attached hydrogen (secondary N) is 1. The van der Waals surface area contributed by atoms with Gasteiger partial charge < -0.3 is 20.7 Å². The number of likely N-dealkylation sites (N-methyl/N-ethyl adjacent to an activating group) is 1. The number of rotatable bonds is 6. The van der Waals surface area contributed by atoms with Gasteiger partial charge in [-0.25, -0.2) is 0 Å². The molecule has 1 aromatic carbocycles. The molecular weight excluding hydrogens is 294 g/mol. The summed E-state index contributed by atoms with van der Waals surface area (Å²) in [4.78, 5) is 24.6. The van der Waals surface area contributed by atoms with Gasteiger partial charge in [0.15, 0.2) is 6.61 Å². The Labute approximate surface area is 131 Å².